The molecule has 8 heteroatoms. The van der Waals surface area contributed by atoms with E-state index in [0.29, 0.717) is 47.4 Å². The Bertz CT molecular complexity index is 1250. The second-order valence-corrected chi connectivity index (χ2v) is 9.47. The molecule has 0 unspecified atom stereocenters. The minimum atomic E-state index is -0.230. The number of hydrogen-bond donors (Lipinski definition) is 1. The quantitative estimate of drug-likeness (QED) is 0.468. The molecule has 2 heterocycles. The second-order valence-electron chi connectivity index (χ2n) is 8.56. The molecule has 1 N–H and O–H groups in total. The second kappa shape index (κ2) is 10.00. The summed E-state index contributed by atoms with van der Waals surface area (Å²) >= 11 is 3.40. The third kappa shape index (κ3) is 4.98. The van der Waals surface area contributed by atoms with Crippen LogP contribution >= 0.6 is 15.9 Å². The molecule has 0 saturated carbocycles. The van der Waals surface area contributed by atoms with Crippen molar-refractivity contribution in [3.63, 3.8) is 0 Å². The van der Waals surface area contributed by atoms with Gasteiger partial charge in [-0.05, 0) is 72.9 Å². The van der Waals surface area contributed by atoms with Gasteiger partial charge in [-0.1, -0.05) is 28.1 Å². The molecule has 2 aliphatic rings. The van der Waals surface area contributed by atoms with Crippen LogP contribution in [0.2, 0.25) is 0 Å². The van der Waals surface area contributed by atoms with E-state index in [0.717, 1.165) is 23.0 Å². The fourth-order valence-corrected chi connectivity index (χ4v) is 4.88. The number of amides is 2. The zero-order chi connectivity index (χ0) is 24.4. The van der Waals surface area contributed by atoms with Gasteiger partial charge in [-0.25, -0.2) is 0 Å². The van der Waals surface area contributed by atoms with Crippen molar-refractivity contribution in [2.45, 2.75) is 18.8 Å². The number of piperidine rings is 1. The molecule has 2 amide bonds. The lowest BCUT2D eigenvalue weighted by Crippen LogP contribution is -2.37. The summed E-state index contributed by atoms with van der Waals surface area (Å²) in [6, 6.07) is 18.6. The van der Waals surface area contributed by atoms with E-state index in [4.69, 9.17) is 14.2 Å². The summed E-state index contributed by atoms with van der Waals surface area (Å²) in [4.78, 5) is 27.6. The number of benzene rings is 3. The van der Waals surface area contributed by atoms with Gasteiger partial charge in [-0.2, -0.15) is 0 Å². The predicted octanol–water partition coefficient (Wildman–Crippen LogP) is 5.46. The summed E-state index contributed by atoms with van der Waals surface area (Å²) in [5.41, 5.74) is 3.01. The number of nitrogens with one attached hydrogen (secondary N) is 1. The largest absolute Gasteiger partial charge is 0.496 e. The third-order valence-electron chi connectivity index (χ3n) is 6.45. The van der Waals surface area contributed by atoms with Gasteiger partial charge in [-0.3, -0.25) is 9.59 Å². The van der Waals surface area contributed by atoms with Crippen molar-refractivity contribution < 1.29 is 23.8 Å². The fraction of sp³-hybridized carbons (Fsp3) is 0.259. The number of carbonyl (C=O) groups excluding carboxylic acids is 2. The summed E-state index contributed by atoms with van der Waals surface area (Å²) in [5, 5.41) is 2.94. The fourth-order valence-electron chi connectivity index (χ4n) is 4.52. The molecule has 35 heavy (non-hydrogen) atoms. The number of nitrogens with zero attached hydrogens (tertiary/aromatic N) is 1. The normalized spacial score (nSPS) is 15.1. The third-order valence-corrected chi connectivity index (χ3v) is 6.94. The van der Waals surface area contributed by atoms with Crippen LogP contribution in [0.3, 0.4) is 0 Å². The van der Waals surface area contributed by atoms with Crippen LogP contribution in [-0.4, -0.2) is 43.7 Å². The maximum Gasteiger partial charge on any atom is 0.259 e. The number of carbonyl (C=O) groups is 2. The SMILES string of the molecule is COc1ccc(Br)cc1C(=O)Nc1ccc(C2CCN(C(=O)c3ccc4c(c3)OCO4)CC2)cc1. The van der Waals surface area contributed by atoms with Crippen LogP contribution in [0.25, 0.3) is 0 Å². The first-order chi connectivity index (χ1) is 17.0. The van der Waals surface area contributed by atoms with E-state index in [1.807, 2.05) is 35.2 Å². The summed E-state index contributed by atoms with van der Waals surface area (Å²) < 4.78 is 16.8. The van der Waals surface area contributed by atoms with E-state index < -0.39 is 0 Å². The van der Waals surface area contributed by atoms with Crippen molar-refractivity contribution >= 4 is 33.4 Å². The van der Waals surface area contributed by atoms with Crippen LogP contribution in [0.15, 0.2) is 65.1 Å². The summed E-state index contributed by atoms with van der Waals surface area (Å²) in [5.74, 6) is 1.97. The van der Waals surface area contributed by atoms with Gasteiger partial charge in [0.2, 0.25) is 6.79 Å². The molecule has 3 aromatic carbocycles. The molecule has 5 rings (SSSR count). The highest BCUT2D eigenvalue weighted by Gasteiger charge is 2.26. The molecule has 1 saturated heterocycles. The first-order valence-corrected chi connectivity index (χ1v) is 12.2. The molecule has 180 valence electrons. The number of methoxy groups -OCH3 is 1. The highest BCUT2D eigenvalue weighted by molar-refractivity contribution is 9.10. The zero-order valence-corrected chi connectivity index (χ0v) is 20.8. The van der Waals surface area contributed by atoms with Crippen LogP contribution in [0.1, 0.15) is 45.0 Å². The molecule has 2 aliphatic heterocycles. The Morgan fingerprint density at radius 2 is 1.71 bits per heavy atom. The topological polar surface area (TPSA) is 77.1 Å². The monoisotopic (exact) mass is 536 g/mol. The molecule has 7 nitrogen and oxygen atoms in total. The molecule has 0 atom stereocenters. The Morgan fingerprint density at radius 1 is 0.971 bits per heavy atom. The number of likely N-dealkylation sites (tertiary alicyclic amines) is 1. The number of ether oxygens (including phenoxy) is 3. The van der Waals surface area contributed by atoms with Crippen LogP contribution in [-0.2, 0) is 0 Å². The van der Waals surface area contributed by atoms with E-state index in [9.17, 15) is 9.59 Å². The standard InChI is InChI=1S/C27H25BrN2O5/c1-33-23-9-5-20(28)15-22(23)26(31)29-21-6-2-17(3-7-21)18-10-12-30(13-11-18)27(32)19-4-8-24-25(14-19)35-16-34-24/h2-9,14-15,18H,10-13,16H2,1H3,(H,29,31). The Kier molecular flexibility index (Phi) is 6.63. The van der Waals surface area contributed by atoms with Crippen molar-refractivity contribution in [1.82, 2.24) is 4.90 Å². The van der Waals surface area contributed by atoms with Crippen molar-refractivity contribution in [3.8, 4) is 17.2 Å². The Morgan fingerprint density at radius 3 is 2.46 bits per heavy atom. The maximum atomic E-state index is 13.0. The van der Waals surface area contributed by atoms with Gasteiger partial charge in [0.25, 0.3) is 11.8 Å². The van der Waals surface area contributed by atoms with Gasteiger partial charge in [0.15, 0.2) is 11.5 Å². The van der Waals surface area contributed by atoms with Gasteiger partial charge in [-0.15, -0.1) is 0 Å². The highest BCUT2D eigenvalue weighted by Crippen LogP contribution is 2.34. The van der Waals surface area contributed by atoms with E-state index in [2.05, 4.69) is 21.2 Å². The van der Waals surface area contributed by atoms with Crippen LogP contribution < -0.4 is 19.5 Å². The summed E-state index contributed by atoms with van der Waals surface area (Å²) in [6.45, 7) is 1.58. The summed E-state index contributed by atoms with van der Waals surface area (Å²) in [7, 11) is 1.54. The van der Waals surface area contributed by atoms with Crippen LogP contribution in [0, 0.1) is 0 Å². The van der Waals surface area contributed by atoms with E-state index >= 15 is 0 Å². The lowest BCUT2D eigenvalue weighted by Gasteiger charge is -2.32. The first kappa shape index (κ1) is 23.2. The minimum Gasteiger partial charge on any atom is -0.496 e. The highest BCUT2D eigenvalue weighted by atomic mass is 79.9. The molecule has 0 aliphatic carbocycles. The van der Waals surface area contributed by atoms with Crippen molar-refractivity contribution in [3.05, 3.63) is 81.8 Å². The van der Waals surface area contributed by atoms with Gasteiger partial charge in [0.05, 0.1) is 12.7 Å². The first-order valence-electron chi connectivity index (χ1n) is 11.5. The molecule has 1 fully saturated rings. The van der Waals surface area contributed by atoms with Gasteiger partial charge < -0.3 is 24.4 Å². The van der Waals surface area contributed by atoms with Gasteiger partial charge in [0.1, 0.15) is 5.75 Å². The molecule has 3 aromatic rings. The lowest BCUT2D eigenvalue weighted by atomic mass is 9.89. The maximum absolute atomic E-state index is 13.0. The molecule has 0 bridgehead atoms. The predicted molar refractivity (Wildman–Crippen MR) is 136 cm³/mol. The molecule has 0 spiro atoms. The molecule has 0 radical (unpaired) electrons. The van der Waals surface area contributed by atoms with Crippen LogP contribution in [0.4, 0.5) is 5.69 Å². The molecule has 0 aromatic heterocycles. The number of halogens is 1. The van der Waals surface area contributed by atoms with Crippen molar-refractivity contribution in [2.75, 3.05) is 32.3 Å². The van der Waals surface area contributed by atoms with Gasteiger partial charge in [0, 0.05) is 28.8 Å². The Balaban J connectivity index is 1.18. The van der Waals surface area contributed by atoms with Gasteiger partial charge >= 0.3 is 0 Å². The van der Waals surface area contributed by atoms with E-state index in [-0.39, 0.29) is 18.6 Å². The zero-order valence-electron chi connectivity index (χ0n) is 19.3. The average Bonchev–Trinajstić information content (AvgIpc) is 3.37. The lowest BCUT2D eigenvalue weighted by molar-refractivity contribution is 0.0712. The minimum absolute atomic E-state index is 0.0165. The average molecular weight is 537 g/mol. The number of fused-ring (bicyclic) bond motifs is 1. The van der Waals surface area contributed by atoms with E-state index in [1.165, 1.54) is 5.56 Å². The number of anilines is 1. The Hall–Kier alpha value is -3.52. The van der Waals surface area contributed by atoms with Crippen molar-refractivity contribution in [1.29, 1.82) is 0 Å². The van der Waals surface area contributed by atoms with Crippen molar-refractivity contribution in [2.24, 2.45) is 0 Å². The van der Waals surface area contributed by atoms with E-state index in [1.54, 1.807) is 37.4 Å². The number of rotatable bonds is 5. The smallest absolute Gasteiger partial charge is 0.259 e. The number of hydrogen-bond acceptors (Lipinski definition) is 5. The summed E-state index contributed by atoms with van der Waals surface area (Å²) in [6.07, 6.45) is 1.77. The molecular formula is C27H25BrN2O5. The van der Waals surface area contributed by atoms with Crippen LogP contribution in [0.5, 0.6) is 17.2 Å². The molecular weight excluding hydrogens is 512 g/mol. The Labute approximate surface area is 212 Å².